The van der Waals surface area contributed by atoms with Crippen LogP contribution in [0.4, 0.5) is 11.8 Å². The van der Waals surface area contributed by atoms with Crippen molar-refractivity contribution in [2.45, 2.75) is 26.3 Å². The number of anilines is 2. The summed E-state index contributed by atoms with van der Waals surface area (Å²) in [4.78, 5) is 8.56. The number of aromatic nitrogens is 2. The van der Waals surface area contributed by atoms with Crippen molar-refractivity contribution in [3.05, 3.63) is 24.3 Å². The molecule has 1 aromatic heterocycles. The van der Waals surface area contributed by atoms with Crippen LogP contribution < -0.4 is 11.1 Å². The Morgan fingerprint density at radius 2 is 2.11 bits per heavy atom. The molecule has 3 N–H and O–H groups in total. The highest BCUT2D eigenvalue weighted by molar-refractivity contribution is 7.99. The van der Waals surface area contributed by atoms with Crippen molar-refractivity contribution >= 4 is 34.4 Å². The van der Waals surface area contributed by atoms with Crippen LogP contribution in [0.2, 0.25) is 0 Å². The second-order valence-electron chi connectivity index (χ2n) is 4.48. The summed E-state index contributed by atoms with van der Waals surface area (Å²) in [5.41, 5.74) is 6.64. The Bertz CT molecular complexity index is 544. The van der Waals surface area contributed by atoms with Gasteiger partial charge >= 0.3 is 0 Å². The van der Waals surface area contributed by atoms with Gasteiger partial charge in [-0.15, -0.1) is 0 Å². The minimum Gasteiger partial charge on any atom is -0.368 e. The number of fused-ring (bicyclic) bond motifs is 1. The molecule has 19 heavy (non-hydrogen) atoms. The van der Waals surface area contributed by atoms with E-state index in [0.717, 1.165) is 34.6 Å². The Balaban J connectivity index is 2.15. The second kappa shape index (κ2) is 6.61. The summed E-state index contributed by atoms with van der Waals surface area (Å²) in [6.45, 7) is 4.35. The molecule has 2 rings (SSSR count). The van der Waals surface area contributed by atoms with E-state index in [4.69, 9.17) is 5.73 Å². The minimum absolute atomic E-state index is 0.316. The number of nitrogens with two attached hydrogens (primary N) is 1. The van der Waals surface area contributed by atoms with Gasteiger partial charge < -0.3 is 11.1 Å². The molecular formula is C14H20N4S. The van der Waals surface area contributed by atoms with Crippen molar-refractivity contribution in [3.8, 4) is 0 Å². The topological polar surface area (TPSA) is 63.8 Å². The number of benzene rings is 1. The monoisotopic (exact) mass is 276 g/mol. The van der Waals surface area contributed by atoms with Gasteiger partial charge in [-0.1, -0.05) is 19.1 Å². The van der Waals surface area contributed by atoms with Crippen molar-refractivity contribution in [3.63, 3.8) is 0 Å². The van der Waals surface area contributed by atoms with Gasteiger partial charge in [-0.05, 0) is 37.0 Å². The van der Waals surface area contributed by atoms with E-state index < -0.39 is 0 Å². The molecule has 5 heteroatoms. The number of nitrogens with one attached hydrogen (secondary N) is 1. The lowest BCUT2D eigenvalue weighted by molar-refractivity contribution is 0.768. The zero-order chi connectivity index (χ0) is 13.7. The van der Waals surface area contributed by atoms with Crippen LogP contribution in [0, 0.1) is 0 Å². The highest BCUT2D eigenvalue weighted by Crippen LogP contribution is 2.22. The molecule has 1 heterocycles. The van der Waals surface area contributed by atoms with E-state index in [0.29, 0.717) is 12.0 Å². The molecule has 0 saturated carbocycles. The number of thioether (sulfide) groups is 1. The lowest BCUT2D eigenvalue weighted by Gasteiger charge is -2.15. The largest absolute Gasteiger partial charge is 0.368 e. The van der Waals surface area contributed by atoms with E-state index in [-0.39, 0.29) is 0 Å². The molecule has 0 radical (unpaired) electrons. The number of rotatable bonds is 6. The van der Waals surface area contributed by atoms with Crippen molar-refractivity contribution in [1.82, 2.24) is 9.97 Å². The van der Waals surface area contributed by atoms with Gasteiger partial charge in [0, 0.05) is 11.4 Å². The van der Waals surface area contributed by atoms with E-state index in [1.54, 1.807) is 0 Å². The first-order valence-corrected chi connectivity index (χ1v) is 7.72. The van der Waals surface area contributed by atoms with Gasteiger partial charge in [0.2, 0.25) is 5.95 Å². The lowest BCUT2D eigenvalue weighted by Crippen LogP contribution is -2.17. The Labute approximate surface area is 118 Å². The molecule has 0 aliphatic heterocycles. The van der Waals surface area contributed by atoms with Crippen molar-refractivity contribution < 1.29 is 0 Å². The average Bonchev–Trinajstić information content (AvgIpc) is 2.39. The minimum atomic E-state index is 0.316. The van der Waals surface area contributed by atoms with Crippen LogP contribution in [0.15, 0.2) is 24.3 Å². The molecule has 2 aromatic rings. The Morgan fingerprint density at radius 1 is 1.32 bits per heavy atom. The summed E-state index contributed by atoms with van der Waals surface area (Å²) in [7, 11) is 0. The van der Waals surface area contributed by atoms with Gasteiger partial charge in [-0.2, -0.15) is 16.7 Å². The fourth-order valence-corrected chi connectivity index (χ4v) is 2.72. The predicted octanol–water partition coefficient (Wildman–Crippen LogP) is 3.16. The zero-order valence-electron chi connectivity index (χ0n) is 11.4. The summed E-state index contributed by atoms with van der Waals surface area (Å²) in [6.07, 6.45) is 1.11. The molecule has 0 amide bonds. The van der Waals surface area contributed by atoms with Crippen molar-refractivity contribution in [2.24, 2.45) is 0 Å². The average molecular weight is 276 g/mol. The fraction of sp³-hybridized carbons (Fsp3) is 0.429. The van der Waals surface area contributed by atoms with Crippen LogP contribution in [-0.4, -0.2) is 27.5 Å². The molecule has 1 aromatic carbocycles. The molecule has 102 valence electrons. The molecule has 0 bridgehead atoms. The summed E-state index contributed by atoms with van der Waals surface area (Å²) < 4.78 is 0. The quantitative estimate of drug-likeness (QED) is 0.793. The van der Waals surface area contributed by atoms with Crippen molar-refractivity contribution in [2.75, 3.05) is 22.6 Å². The predicted molar refractivity (Wildman–Crippen MR) is 84.7 cm³/mol. The second-order valence-corrected chi connectivity index (χ2v) is 5.87. The maximum Gasteiger partial charge on any atom is 0.222 e. The van der Waals surface area contributed by atoms with E-state index >= 15 is 0 Å². The van der Waals surface area contributed by atoms with Gasteiger partial charge in [-0.3, -0.25) is 0 Å². The molecule has 0 saturated heterocycles. The highest BCUT2D eigenvalue weighted by atomic mass is 32.2. The Hall–Kier alpha value is -1.49. The molecular weight excluding hydrogens is 256 g/mol. The lowest BCUT2D eigenvalue weighted by atomic mass is 10.2. The number of nitrogens with zero attached hydrogens (tertiary/aromatic N) is 2. The third-order valence-electron chi connectivity index (χ3n) is 2.90. The molecule has 1 unspecified atom stereocenters. The van der Waals surface area contributed by atoms with Crippen LogP contribution in [0.25, 0.3) is 10.9 Å². The maximum atomic E-state index is 5.76. The van der Waals surface area contributed by atoms with Crippen LogP contribution >= 0.6 is 11.8 Å². The number of para-hydroxylation sites is 1. The Morgan fingerprint density at radius 3 is 2.89 bits per heavy atom. The fourth-order valence-electron chi connectivity index (χ4n) is 1.91. The van der Waals surface area contributed by atoms with Crippen molar-refractivity contribution in [1.29, 1.82) is 0 Å². The van der Waals surface area contributed by atoms with Crippen LogP contribution in [0.1, 0.15) is 20.3 Å². The number of hydrogen-bond donors (Lipinski definition) is 2. The first-order valence-electron chi connectivity index (χ1n) is 6.57. The molecule has 4 nitrogen and oxygen atoms in total. The first-order chi connectivity index (χ1) is 9.20. The van der Waals surface area contributed by atoms with E-state index in [1.165, 1.54) is 0 Å². The molecule has 0 fully saturated rings. The van der Waals surface area contributed by atoms with Gasteiger partial charge in [0.1, 0.15) is 5.82 Å². The van der Waals surface area contributed by atoms with Gasteiger partial charge in [0.25, 0.3) is 0 Å². The number of nitrogen functional groups attached to an aromatic ring is 1. The van der Waals surface area contributed by atoms with Gasteiger partial charge in [0.15, 0.2) is 0 Å². The smallest absolute Gasteiger partial charge is 0.222 e. The third kappa shape index (κ3) is 3.73. The summed E-state index contributed by atoms with van der Waals surface area (Å²) in [5, 5.41) is 4.46. The normalized spacial score (nSPS) is 12.5. The molecule has 1 atom stereocenters. The van der Waals surface area contributed by atoms with E-state index in [9.17, 15) is 0 Å². The first kappa shape index (κ1) is 13.9. The molecule has 0 spiro atoms. The maximum absolute atomic E-state index is 5.76. The van der Waals surface area contributed by atoms with Crippen LogP contribution in [0.3, 0.4) is 0 Å². The SMILES string of the molecule is CCSCCC(C)Nc1nc(N)nc2ccccc12. The van der Waals surface area contributed by atoms with Crippen LogP contribution in [-0.2, 0) is 0 Å². The standard InChI is InChI=1S/C14H20N4S/c1-3-19-9-8-10(2)16-13-11-6-4-5-7-12(11)17-14(15)18-13/h4-7,10H,3,8-9H2,1-2H3,(H3,15,16,17,18). The summed E-state index contributed by atoms with van der Waals surface area (Å²) in [6, 6.07) is 8.29. The van der Waals surface area contributed by atoms with Gasteiger partial charge in [0.05, 0.1) is 5.52 Å². The van der Waals surface area contributed by atoms with E-state index in [1.807, 2.05) is 36.0 Å². The summed E-state index contributed by atoms with van der Waals surface area (Å²) in [5.74, 6) is 3.47. The molecule has 0 aliphatic carbocycles. The highest BCUT2D eigenvalue weighted by Gasteiger charge is 2.08. The Kier molecular flexibility index (Phi) is 4.85. The summed E-state index contributed by atoms with van der Waals surface area (Å²) >= 11 is 1.96. The zero-order valence-corrected chi connectivity index (χ0v) is 12.2. The van der Waals surface area contributed by atoms with Crippen LogP contribution in [0.5, 0.6) is 0 Å². The third-order valence-corrected chi connectivity index (χ3v) is 3.84. The number of hydrogen-bond acceptors (Lipinski definition) is 5. The van der Waals surface area contributed by atoms with E-state index in [2.05, 4.69) is 29.1 Å². The van der Waals surface area contributed by atoms with Gasteiger partial charge in [-0.25, -0.2) is 4.98 Å². The molecule has 0 aliphatic rings.